The van der Waals surface area contributed by atoms with Gasteiger partial charge in [0, 0.05) is 29.3 Å². The number of hydrogen-bond acceptors (Lipinski definition) is 5. The molecule has 0 aliphatic rings. The van der Waals surface area contributed by atoms with E-state index in [0.29, 0.717) is 39.6 Å². The molecular weight excluding hydrogens is 383 g/mol. The zero-order valence-corrected chi connectivity index (χ0v) is 15.5. The van der Waals surface area contributed by atoms with E-state index < -0.39 is 0 Å². The van der Waals surface area contributed by atoms with E-state index in [1.54, 1.807) is 47.8 Å². The lowest BCUT2D eigenvalue weighted by atomic mass is 10.2. The molecule has 0 spiro atoms. The van der Waals surface area contributed by atoms with Gasteiger partial charge in [-0.1, -0.05) is 23.2 Å². The number of carbonyl (C=O) groups excluding carboxylic acids is 1. The van der Waals surface area contributed by atoms with E-state index in [-0.39, 0.29) is 5.91 Å². The third kappa shape index (κ3) is 4.38. The quantitative estimate of drug-likeness (QED) is 0.677. The van der Waals surface area contributed by atoms with E-state index >= 15 is 0 Å². The second kappa shape index (κ2) is 7.97. The third-order valence-electron chi connectivity index (χ3n) is 3.31. The van der Waals surface area contributed by atoms with Crippen molar-refractivity contribution in [2.45, 2.75) is 6.54 Å². The summed E-state index contributed by atoms with van der Waals surface area (Å²) >= 11 is 13.4. The second-order valence-electron chi connectivity index (χ2n) is 5.10. The fraction of sp³-hybridized carbons (Fsp3) is 0.188. The standard InChI is InChI=1S/C16H14Cl2N4O2S/c1-24-5-4-22-8-11(7-19-22)20-15(23)14-9-25-16(21-14)12-3-2-10(17)6-13(12)18/h2-3,6-9H,4-5H2,1H3,(H,20,23). The Kier molecular flexibility index (Phi) is 5.70. The van der Waals surface area contributed by atoms with Crippen LogP contribution in [0.4, 0.5) is 5.69 Å². The highest BCUT2D eigenvalue weighted by Gasteiger charge is 2.14. The Balaban J connectivity index is 1.71. The van der Waals surface area contributed by atoms with Crippen molar-refractivity contribution in [1.29, 1.82) is 0 Å². The number of carbonyl (C=O) groups is 1. The van der Waals surface area contributed by atoms with Crippen LogP contribution in [0.15, 0.2) is 36.0 Å². The summed E-state index contributed by atoms with van der Waals surface area (Å²) in [5.41, 5.74) is 1.65. The van der Waals surface area contributed by atoms with Gasteiger partial charge in [-0.15, -0.1) is 11.3 Å². The maximum Gasteiger partial charge on any atom is 0.275 e. The van der Waals surface area contributed by atoms with Crippen LogP contribution in [0.2, 0.25) is 10.0 Å². The van der Waals surface area contributed by atoms with Gasteiger partial charge in [-0.05, 0) is 18.2 Å². The van der Waals surface area contributed by atoms with Gasteiger partial charge in [0.15, 0.2) is 0 Å². The molecule has 0 saturated heterocycles. The molecule has 130 valence electrons. The summed E-state index contributed by atoms with van der Waals surface area (Å²) < 4.78 is 6.68. The molecule has 0 aliphatic heterocycles. The van der Waals surface area contributed by atoms with Crippen molar-refractivity contribution in [3.05, 3.63) is 51.7 Å². The first-order valence-corrected chi connectivity index (χ1v) is 8.94. The topological polar surface area (TPSA) is 69.0 Å². The minimum atomic E-state index is -0.307. The van der Waals surface area contributed by atoms with Gasteiger partial charge in [0.2, 0.25) is 0 Å². The summed E-state index contributed by atoms with van der Waals surface area (Å²) in [6, 6.07) is 5.16. The number of thiazole rings is 1. The van der Waals surface area contributed by atoms with Crippen LogP contribution in [-0.4, -0.2) is 34.4 Å². The Morgan fingerprint density at radius 3 is 3.00 bits per heavy atom. The number of benzene rings is 1. The summed E-state index contributed by atoms with van der Waals surface area (Å²) in [5, 5.41) is 10.3. The van der Waals surface area contributed by atoms with Crippen molar-refractivity contribution in [3.63, 3.8) is 0 Å². The number of nitrogens with zero attached hydrogens (tertiary/aromatic N) is 3. The van der Waals surface area contributed by atoms with E-state index in [1.807, 2.05) is 0 Å². The average molecular weight is 397 g/mol. The first-order valence-electron chi connectivity index (χ1n) is 7.30. The van der Waals surface area contributed by atoms with Crippen LogP contribution >= 0.6 is 34.5 Å². The number of nitrogens with one attached hydrogen (secondary N) is 1. The van der Waals surface area contributed by atoms with Gasteiger partial charge >= 0.3 is 0 Å². The second-order valence-corrected chi connectivity index (χ2v) is 6.80. The molecule has 2 aromatic heterocycles. The lowest BCUT2D eigenvalue weighted by Crippen LogP contribution is -2.12. The molecule has 0 fully saturated rings. The van der Waals surface area contributed by atoms with Gasteiger partial charge in [0.25, 0.3) is 5.91 Å². The van der Waals surface area contributed by atoms with Gasteiger partial charge in [0.1, 0.15) is 10.7 Å². The summed E-state index contributed by atoms with van der Waals surface area (Å²) in [6.45, 7) is 1.16. The monoisotopic (exact) mass is 396 g/mol. The molecule has 1 aromatic carbocycles. The Bertz CT molecular complexity index is 894. The average Bonchev–Trinajstić information content (AvgIpc) is 3.22. The Morgan fingerprint density at radius 1 is 1.40 bits per heavy atom. The van der Waals surface area contributed by atoms with Crippen molar-refractivity contribution >= 4 is 46.1 Å². The van der Waals surface area contributed by atoms with Crippen LogP contribution in [-0.2, 0) is 11.3 Å². The number of ether oxygens (including phenoxy) is 1. The van der Waals surface area contributed by atoms with Gasteiger partial charge < -0.3 is 10.1 Å². The maximum absolute atomic E-state index is 12.3. The lowest BCUT2D eigenvalue weighted by molar-refractivity contribution is 0.102. The smallest absolute Gasteiger partial charge is 0.275 e. The number of halogens is 2. The molecule has 0 unspecified atom stereocenters. The predicted octanol–water partition coefficient (Wildman–Crippen LogP) is 4.21. The molecule has 0 radical (unpaired) electrons. The highest BCUT2D eigenvalue weighted by atomic mass is 35.5. The van der Waals surface area contributed by atoms with Crippen LogP contribution in [0.1, 0.15) is 10.5 Å². The minimum Gasteiger partial charge on any atom is -0.383 e. The van der Waals surface area contributed by atoms with Crippen LogP contribution in [0.3, 0.4) is 0 Å². The number of amides is 1. The van der Waals surface area contributed by atoms with Gasteiger partial charge in [-0.25, -0.2) is 4.98 Å². The summed E-state index contributed by atoms with van der Waals surface area (Å²) in [6.07, 6.45) is 3.32. The first kappa shape index (κ1) is 17.9. The van der Waals surface area contributed by atoms with E-state index in [4.69, 9.17) is 27.9 Å². The molecule has 0 aliphatic carbocycles. The zero-order valence-electron chi connectivity index (χ0n) is 13.2. The van der Waals surface area contributed by atoms with Crippen molar-refractivity contribution < 1.29 is 9.53 Å². The van der Waals surface area contributed by atoms with Crippen LogP contribution in [0.5, 0.6) is 0 Å². The number of rotatable bonds is 6. The molecule has 9 heteroatoms. The molecule has 0 saturated carbocycles. The Labute approximate surface area is 158 Å². The third-order valence-corrected chi connectivity index (χ3v) is 4.74. The fourth-order valence-corrected chi connectivity index (χ4v) is 3.49. The molecule has 1 N–H and O–H groups in total. The van der Waals surface area contributed by atoms with Gasteiger partial charge in [-0.2, -0.15) is 5.10 Å². The highest BCUT2D eigenvalue weighted by molar-refractivity contribution is 7.13. The van der Waals surface area contributed by atoms with Gasteiger partial charge in [0.05, 0.1) is 30.1 Å². The van der Waals surface area contributed by atoms with Gasteiger partial charge in [-0.3, -0.25) is 9.48 Å². The number of aromatic nitrogens is 3. The molecule has 6 nitrogen and oxygen atoms in total. The lowest BCUT2D eigenvalue weighted by Gasteiger charge is -2.01. The number of hydrogen-bond donors (Lipinski definition) is 1. The van der Waals surface area contributed by atoms with E-state index in [1.165, 1.54) is 11.3 Å². The molecular formula is C16H14Cl2N4O2S. The van der Waals surface area contributed by atoms with Crippen molar-refractivity contribution in [2.75, 3.05) is 19.0 Å². The van der Waals surface area contributed by atoms with E-state index in [2.05, 4.69) is 15.4 Å². The fourth-order valence-electron chi connectivity index (χ4n) is 2.10. The maximum atomic E-state index is 12.3. The highest BCUT2D eigenvalue weighted by Crippen LogP contribution is 2.32. The van der Waals surface area contributed by atoms with Crippen LogP contribution in [0, 0.1) is 0 Å². The number of anilines is 1. The molecule has 1 amide bonds. The Morgan fingerprint density at radius 2 is 2.24 bits per heavy atom. The number of methoxy groups -OCH3 is 1. The normalized spacial score (nSPS) is 10.8. The largest absolute Gasteiger partial charge is 0.383 e. The SMILES string of the molecule is COCCn1cc(NC(=O)c2csc(-c3ccc(Cl)cc3Cl)n2)cn1. The molecule has 0 atom stereocenters. The Hall–Kier alpha value is -1.93. The van der Waals surface area contributed by atoms with E-state index in [9.17, 15) is 4.79 Å². The summed E-state index contributed by atoms with van der Waals surface area (Å²) in [7, 11) is 1.62. The van der Waals surface area contributed by atoms with Crippen LogP contribution in [0.25, 0.3) is 10.6 Å². The van der Waals surface area contributed by atoms with Crippen molar-refractivity contribution in [3.8, 4) is 10.6 Å². The first-order chi connectivity index (χ1) is 12.1. The molecule has 3 aromatic rings. The summed E-state index contributed by atoms with van der Waals surface area (Å²) in [4.78, 5) is 16.7. The van der Waals surface area contributed by atoms with Crippen molar-refractivity contribution in [2.24, 2.45) is 0 Å². The minimum absolute atomic E-state index is 0.307. The van der Waals surface area contributed by atoms with Crippen LogP contribution < -0.4 is 5.32 Å². The molecule has 25 heavy (non-hydrogen) atoms. The predicted molar refractivity (Wildman–Crippen MR) is 99.6 cm³/mol. The summed E-state index contributed by atoms with van der Waals surface area (Å²) in [5.74, 6) is -0.307. The molecule has 3 rings (SSSR count). The zero-order chi connectivity index (χ0) is 17.8. The molecule has 0 bridgehead atoms. The van der Waals surface area contributed by atoms with Crippen molar-refractivity contribution in [1.82, 2.24) is 14.8 Å². The van der Waals surface area contributed by atoms with E-state index in [0.717, 1.165) is 5.56 Å². The molecule has 2 heterocycles.